The molecule has 6 heteroatoms. The van der Waals surface area contributed by atoms with Crippen LogP contribution in [-0.4, -0.2) is 5.91 Å². The fourth-order valence-corrected chi connectivity index (χ4v) is 1.63. The molecule has 0 saturated heterocycles. The molecule has 0 bridgehead atoms. The first-order valence-electron chi connectivity index (χ1n) is 5.75. The molecular formula is C15H11Cl2FN2O. The molecule has 0 unspecified atom stereocenters. The molecule has 1 N–H and O–H groups in total. The van der Waals surface area contributed by atoms with Crippen LogP contribution in [0.1, 0.15) is 12.5 Å². The Morgan fingerprint density at radius 2 is 2.10 bits per heavy atom. The van der Waals surface area contributed by atoms with Crippen LogP contribution in [0.5, 0.6) is 0 Å². The molecular weight excluding hydrogens is 314 g/mol. The van der Waals surface area contributed by atoms with Gasteiger partial charge in [0, 0.05) is 10.1 Å². The lowest BCUT2D eigenvalue weighted by atomic mass is 10.1. The third-order valence-corrected chi connectivity index (χ3v) is 2.72. The van der Waals surface area contributed by atoms with E-state index in [0.29, 0.717) is 5.03 Å². The number of nitrogens with one attached hydrogen (secondary N) is 1. The first kappa shape index (κ1) is 17.0. The number of hydrogen-bond donors (Lipinski definition) is 1. The zero-order valence-electron chi connectivity index (χ0n) is 11.1. The van der Waals surface area contributed by atoms with Gasteiger partial charge in [-0.05, 0) is 31.2 Å². The zero-order valence-corrected chi connectivity index (χ0v) is 12.6. The van der Waals surface area contributed by atoms with Gasteiger partial charge in [0.15, 0.2) is 0 Å². The van der Waals surface area contributed by atoms with Crippen molar-refractivity contribution in [2.24, 2.45) is 0 Å². The molecule has 0 radical (unpaired) electrons. The number of carbonyl (C=O) groups is 1. The summed E-state index contributed by atoms with van der Waals surface area (Å²) in [6, 6.07) is 5.62. The summed E-state index contributed by atoms with van der Waals surface area (Å²) in [6.07, 6.45) is 2.86. The highest BCUT2D eigenvalue weighted by Crippen LogP contribution is 2.21. The Hall–Kier alpha value is -2.09. The van der Waals surface area contributed by atoms with Crippen LogP contribution in [0.3, 0.4) is 0 Å². The van der Waals surface area contributed by atoms with Gasteiger partial charge in [0.2, 0.25) is 0 Å². The van der Waals surface area contributed by atoms with Crippen LogP contribution in [0.4, 0.5) is 10.1 Å². The number of hydrogen-bond acceptors (Lipinski definition) is 2. The van der Waals surface area contributed by atoms with Gasteiger partial charge in [-0.3, -0.25) is 4.79 Å². The maximum absolute atomic E-state index is 13.5. The molecule has 1 rings (SSSR count). The number of benzene rings is 1. The highest BCUT2D eigenvalue weighted by atomic mass is 35.5. The second-order valence-corrected chi connectivity index (χ2v) is 5.02. The summed E-state index contributed by atoms with van der Waals surface area (Å²) >= 11 is 11.4. The lowest BCUT2D eigenvalue weighted by Crippen LogP contribution is -2.15. The average molecular weight is 325 g/mol. The maximum atomic E-state index is 13.5. The van der Waals surface area contributed by atoms with Crippen molar-refractivity contribution >= 4 is 34.8 Å². The normalized spacial score (nSPS) is 11.8. The number of nitriles is 1. The van der Waals surface area contributed by atoms with Crippen molar-refractivity contribution in [3.05, 3.63) is 63.9 Å². The number of allylic oxidation sites excluding steroid dienone is 3. The largest absolute Gasteiger partial charge is 0.321 e. The van der Waals surface area contributed by atoms with E-state index in [2.05, 4.69) is 11.9 Å². The Morgan fingerprint density at radius 1 is 1.43 bits per heavy atom. The quantitative estimate of drug-likeness (QED) is 0.656. The molecule has 21 heavy (non-hydrogen) atoms. The zero-order chi connectivity index (χ0) is 16.0. The van der Waals surface area contributed by atoms with Gasteiger partial charge in [0.25, 0.3) is 5.91 Å². The summed E-state index contributed by atoms with van der Waals surface area (Å²) in [7, 11) is 0. The number of nitrogens with zero attached hydrogens (tertiary/aromatic N) is 1. The van der Waals surface area contributed by atoms with Crippen LogP contribution in [0, 0.1) is 17.1 Å². The minimum atomic E-state index is -0.720. The molecule has 0 spiro atoms. The molecule has 0 aliphatic carbocycles. The van der Waals surface area contributed by atoms with E-state index >= 15 is 0 Å². The van der Waals surface area contributed by atoms with Gasteiger partial charge in [-0.2, -0.15) is 5.26 Å². The third kappa shape index (κ3) is 4.75. The molecule has 0 aliphatic rings. The number of halogens is 3. The Bertz CT molecular complexity index is 683. The van der Waals surface area contributed by atoms with E-state index in [0.717, 1.165) is 6.07 Å². The third-order valence-electron chi connectivity index (χ3n) is 2.39. The summed E-state index contributed by atoms with van der Waals surface area (Å²) in [5.41, 5.74) is -0.142. The summed E-state index contributed by atoms with van der Waals surface area (Å²) in [4.78, 5) is 12.1. The molecule has 108 valence electrons. The van der Waals surface area contributed by atoms with Crippen molar-refractivity contribution < 1.29 is 9.18 Å². The van der Waals surface area contributed by atoms with Crippen LogP contribution >= 0.6 is 23.2 Å². The first-order chi connectivity index (χ1) is 9.86. The van der Waals surface area contributed by atoms with E-state index in [-0.39, 0.29) is 21.9 Å². The van der Waals surface area contributed by atoms with E-state index in [9.17, 15) is 9.18 Å². The summed E-state index contributed by atoms with van der Waals surface area (Å²) in [5, 5.41) is 11.8. The Kier molecular flexibility index (Phi) is 6.16. The molecule has 1 aromatic carbocycles. The van der Waals surface area contributed by atoms with E-state index in [1.165, 1.54) is 24.3 Å². The highest BCUT2D eigenvalue weighted by molar-refractivity contribution is 6.36. The van der Waals surface area contributed by atoms with Crippen LogP contribution in [0.25, 0.3) is 0 Å². The Morgan fingerprint density at radius 3 is 2.62 bits per heavy atom. The predicted octanol–water partition coefficient (Wildman–Crippen LogP) is 4.46. The van der Waals surface area contributed by atoms with Crippen molar-refractivity contribution in [1.29, 1.82) is 5.26 Å². The number of carbonyl (C=O) groups excluding carboxylic acids is 1. The van der Waals surface area contributed by atoms with Gasteiger partial charge in [0.05, 0.1) is 11.3 Å². The molecule has 1 aromatic rings. The van der Waals surface area contributed by atoms with Crippen LogP contribution in [0.15, 0.2) is 52.6 Å². The monoisotopic (exact) mass is 324 g/mol. The number of anilines is 1. The fraction of sp³-hybridized carbons (Fsp3) is 0.0667. The van der Waals surface area contributed by atoms with Gasteiger partial charge in [-0.25, -0.2) is 4.39 Å². The topological polar surface area (TPSA) is 52.9 Å². The van der Waals surface area contributed by atoms with Crippen LogP contribution in [-0.2, 0) is 4.79 Å². The van der Waals surface area contributed by atoms with Crippen molar-refractivity contribution in [1.82, 2.24) is 0 Å². The summed E-state index contributed by atoms with van der Waals surface area (Å²) in [5.74, 6) is -1.34. The fourth-order valence-electron chi connectivity index (χ4n) is 1.42. The number of amides is 1. The smallest absolute Gasteiger partial charge is 0.257 e. The Labute approximate surface area is 132 Å². The van der Waals surface area contributed by atoms with Crippen molar-refractivity contribution in [3.63, 3.8) is 0 Å². The van der Waals surface area contributed by atoms with Gasteiger partial charge in [0.1, 0.15) is 17.4 Å². The SMILES string of the molecule is C=C(Cl)/C(=C\C=C(/C)Cl)C(=O)Nc1cccc(F)c1C#N. The molecule has 3 nitrogen and oxygen atoms in total. The molecule has 0 fully saturated rings. The van der Waals surface area contributed by atoms with Gasteiger partial charge >= 0.3 is 0 Å². The lowest BCUT2D eigenvalue weighted by molar-refractivity contribution is -0.112. The molecule has 0 saturated carbocycles. The van der Waals surface area contributed by atoms with E-state index < -0.39 is 11.7 Å². The van der Waals surface area contributed by atoms with Crippen LogP contribution in [0.2, 0.25) is 0 Å². The standard InChI is InChI=1S/C15H11Cl2FN2O/c1-9(16)6-7-11(10(2)17)15(21)20-14-5-3-4-13(18)12(14)8-19/h3-7H,2H2,1H3,(H,20,21)/b9-6+,11-7+. The van der Waals surface area contributed by atoms with Gasteiger partial charge in [-0.1, -0.05) is 35.8 Å². The molecule has 0 aliphatic heterocycles. The van der Waals surface area contributed by atoms with Crippen LogP contribution < -0.4 is 5.32 Å². The Balaban J connectivity index is 3.13. The summed E-state index contributed by atoms with van der Waals surface area (Å²) < 4.78 is 13.5. The molecule has 1 amide bonds. The van der Waals surface area contributed by atoms with Crippen molar-refractivity contribution in [2.75, 3.05) is 5.32 Å². The average Bonchev–Trinajstić information content (AvgIpc) is 2.38. The predicted molar refractivity (Wildman–Crippen MR) is 82.4 cm³/mol. The second-order valence-electron chi connectivity index (χ2n) is 3.97. The maximum Gasteiger partial charge on any atom is 0.257 e. The molecule has 0 aromatic heterocycles. The van der Waals surface area contributed by atoms with E-state index in [4.69, 9.17) is 28.5 Å². The first-order valence-corrected chi connectivity index (χ1v) is 6.51. The highest BCUT2D eigenvalue weighted by Gasteiger charge is 2.15. The van der Waals surface area contributed by atoms with E-state index in [1.807, 2.05) is 0 Å². The lowest BCUT2D eigenvalue weighted by Gasteiger charge is -2.09. The second kappa shape index (κ2) is 7.63. The van der Waals surface area contributed by atoms with Crippen molar-refractivity contribution in [2.45, 2.75) is 6.92 Å². The van der Waals surface area contributed by atoms with Gasteiger partial charge in [-0.15, -0.1) is 0 Å². The van der Waals surface area contributed by atoms with E-state index in [1.54, 1.807) is 13.0 Å². The molecule has 0 heterocycles. The molecule has 0 atom stereocenters. The number of rotatable bonds is 4. The summed E-state index contributed by atoms with van der Waals surface area (Å²) in [6.45, 7) is 5.11. The van der Waals surface area contributed by atoms with Crippen molar-refractivity contribution in [3.8, 4) is 6.07 Å². The minimum absolute atomic E-state index is 0.00317. The minimum Gasteiger partial charge on any atom is -0.321 e. The van der Waals surface area contributed by atoms with Gasteiger partial charge < -0.3 is 5.32 Å².